The van der Waals surface area contributed by atoms with Crippen LogP contribution in [0.5, 0.6) is 5.75 Å². The number of carbonyl (C=O) groups excluding carboxylic acids is 5. The van der Waals surface area contributed by atoms with Crippen molar-refractivity contribution in [3.05, 3.63) is 64.7 Å². The van der Waals surface area contributed by atoms with Gasteiger partial charge in [-0.15, -0.1) is 0 Å². The summed E-state index contributed by atoms with van der Waals surface area (Å²) in [5.74, 6) is -2.34. The number of hydrogen-bond acceptors (Lipinski definition) is 7. The van der Waals surface area contributed by atoms with Crippen molar-refractivity contribution in [3.8, 4) is 5.75 Å². The van der Waals surface area contributed by atoms with Crippen molar-refractivity contribution in [1.82, 2.24) is 15.5 Å². The van der Waals surface area contributed by atoms with Gasteiger partial charge in [0, 0.05) is 7.05 Å². The summed E-state index contributed by atoms with van der Waals surface area (Å²) in [6, 6.07) is 10.3. The molecular weight excluding hydrogens is 406 g/mol. The van der Waals surface area contributed by atoms with Gasteiger partial charge < -0.3 is 14.8 Å². The second kappa shape index (κ2) is 9.08. The Bertz CT molecular complexity index is 1050. The number of imide groups is 2. The predicted octanol–water partition coefficient (Wildman–Crippen LogP) is 1.10. The van der Waals surface area contributed by atoms with E-state index in [1.807, 2.05) is 5.32 Å². The zero-order chi connectivity index (χ0) is 22.5. The van der Waals surface area contributed by atoms with Crippen LogP contribution in [0.3, 0.4) is 0 Å². The number of esters is 1. The molecule has 2 aromatic carbocycles. The summed E-state index contributed by atoms with van der Waals surface area (Å²) in [6.07, 6.45) is 0. The van der Waals surface area contributed by atoms with Gasteiger partial charge in [-0.1, -0.05) is 18.2 Å². The average Bonchev–Trinajstić information content (AvgIpc) is 3.02. The van der Waals surface area contributed by atoms with Crippen LogP contribution in [0.4, 0.5) is 4.79 Å². The van der Waals surface area contributed by atoms with Gasteiger partial charge in [0.05, 0.1) is 24.8 Å². The third kappa shape index (κ3) is 4.53. The molecule has 0 atom stereocenters. The summed E-state index contributed by atoms with van der Waals surface area (Å²) in [5, 5.41) is 4.16. The zero-order valence-corrected chi connectivity index (χ0v) is 16.8. The maximum atomic E-state index is 12.6. The Labute approximate surface area is 177 Å². The number of nitrogens with one attached hydrogen (secondary N) is 2. The van der Waals surface area contributed by atoms with E-state index in [0.717, 1.165) is 4.90 Å². The number of rotatable bonds is 6. The molecule has 0 bridgehead atoms. The van der Waals surface area contributed by atoms with Crippen molar-refractivity contribution >= 4 is 29.7 Å². The molecule has 2 aromatic rings. The third-order valence-corrected chi connectivity index (χ3v) is 4.52. The van der Waals surface area contributed by atoms with Crippen molar-refractivity contribution in [3.63, 3.8) is 0 Å². The highest BCUT2D eigenvalue weighted by Gasteiger charge is 2.35. The molecule has 1 aliphatic rings. The zero-order valence-electron chi connectivity index (χ0n) is 16.8. The first-order valence-corrected chi connectivity index (χ1v) is 9.16. The fourth-order valence-electron chi connectivity index (χ4n) is 3.01. The fourth-order valence-corrected chi connectivity index (χ4v) is 3.01. The Morgan fingerprint density at radius 2 is 1.65 bits per heavy atom. The molecule has 0 saturated carbocycles. The third-order valence-electron chi connectivity index (χ3n) is 4.52. The molecule has 10 nitrogen and oxygen atoms in total. The fraction of sp³-hybridized carbons (Fsp3) is 0.190. The van der Waals surface area contributed by atoms with Gasteiger partial charge in [0.1, 0.15) is 11.3 Å². The number of carbonyl (C=O) groups is 5. The first-order valence-electron chi connectivity index (χ1n) is 9.16. The normalized spacial score (nSPS) is 12.3. The van der Waals surface area contributed by atoms with E-state index in [1.54, 1.807) is 30.3 Å². The number of nitrogens with zero attached hydrogens (tertiary/aromatic N) is 1. The highest BCUT2D eigenvalue weighted by Crippen LogP contribution is 2.26. The lowest BCUT2D eigenvalue weighted by molar-refractivity contribution is -0.123. The van der Waals surface area contributed by atoms with Crippen molar-refractivity contribution in [2.45, 2.75) is 6.54 Å². The minimum Gasteiger partial charge on any atom is -0.496 e. The summed E-state index contributed by atoms with van der Waals surface area (Å²) in [6.45, 7) is -0.744. The van der Waals surface area contributed by atoms with E-state index in [4.69, 9.17) is 9.47 Å². The molecule has 10 heteroatoms. The number of fused-ring (bicyclic) bond motifs is 1. The smallest absolute Gasteiger partial charge is 0.342 e. The molecule has 3 rings (SSSR count). The minimum atomic E-state index is -0.867. The molecule has 0 aromatic heterocycles. The first kappa shape index (κ1) is 21.5. The van der Waals surface area contributed by atoms with Crippen LogP contribution in [0.15, 0.2) is 42.5 Å². The molecule has 0 spiro atoms. The lowest BCUT2D eigenvalue weighted by Crippen LogP contribution is -2.39. The van der Waals surface area contributed by atoms with Crippen LogP contribution in [0, 0.1) is 0 Å². The van der Waals surface area contributed by atoms with Gasteiger partial charge in [-0.2, -0.15) is 0 Å². The summed E-state index contributed by atoms with van der Waals surface area (Å²) in [7, 11) is 2.69. The molecule has 160 valence electrons. The summed E-state index contributed by atoms with van der Waals surface area (Å²) < 4.78 is 10.1. The lowest BCUT2D eigenvalue weighted by Gasteiger charge is -2.16. The van der Waals surface area contributed by atoms with E-state index < -0.39 is 36.3 Å². The minimum absolute atomic E-state index is 0.00403. The lowest BCUT2D eigenvalue weighted by atomic mass is 10.1. The molecule has 0 unspecified atom stereocenters. The van der Waals surface area contributed by atoms with E-state index in [1.165, 1.54) is 26.3 Å². The van der Waals surface area contributed by atoms with Gasteiger partial charge in [0.25, 0.3) is 17.7 Å². The largest absolute Gasteiger partial charge is 0.496 e. The van der Waals surface area contributed by atoms with Crippen molar-refractivity contribution < 1.29 is 33.4 Å². The molecule has 0 aliphatic carbocycles. The molecule has 0 fully saturated rings. The molecular formula is C21H19N3O7. The highest BCUT2D eigenvalue weighted by atomic mass is 16.5. The van der Waals surface area contributed by atoms with Gasteiger partial charge in [0.2, 0.25) is 0 Å². The van der Waals surface area contributed by atoms with E-state index in [-0.39, 0.29) is 17.9 Å². The summed E-state index contributed by atoms with van der Waals surface area (Å²) in [4.78, 5) is 61.4. The molecule has 0 saturated heterocycles. The van der Waals surface area contributed by atoms with E-state index in [2.05, 4.69) is 5.32 Å². The van der Waals surface area contributed by atoms with Gasteiger partial charge >= 0.3 is 12.0 Å². The second-order valence-corrected chi connectivity index (χ2v) is 6.48. The Morgan fingerprint density at radius 3 is 2.23 bits per heavy atom. The van der Waals surface area contributed by atoms with Crippen LogP contribution in [-0.2, 0) is 16.1 Å². The van der Waals surface area contributed by atoms with Crippen molar-refractivity contribution in [2.24, 2.45) is 0 Å². The number of urea groups is 1. The van der Waals surface area contributed by atoms with Crippen molar-refractivity contribution in [1.29, 1.82) is 0 Å². The number of benzene rings is 2. The van der Waals surface area contributed by atoms with Gasteiger partial charge in [0.15, 0.2) is 6.61 Å². The monoisotopic (exact) mass is 425 g/mol. The maximum Gasteiger partial charge on any atom is 0.342 e. The van der Waals surface area contributed by atoms with Gasteiger partial charge in [-0.3, -0.25) is 24.6 Å². The predicted molar refractivity (Wildman–Crippen MR) is 107 cm³/mol. The Balaban J connectivity index is 1.74. The first-order chi connectivity index (χ1) is 14.8. The molecule has 1 aliphatic heterocycles. The SMILES string of the molecule is CNC(=O)NC(=O)COC(=O)c1cc(CN2C(=O)c3ccccc3C2=O)ccc1OC. The summed E-state index contributed by atoms with van der Waals surface area (Å²) in [5.41, 5.74) is 1.13. The molecule has 2 N–H and O–H groups in total. The maximum absolute atomic E-state index is 12.6. The van der Waals surface area contributed by atoms with E-state index >= 15 is 0 Å². The molecule has 1 heterocycles. The van der Waals surface area contributed by atoms with Crippen LogP contribution < -0.4 is 15.4 Å². The summed E-state index contributed by atoms with van der Waals surface area (Å²) >= 11 is 0. The van der Waals surface area contributed by atoms with Crippen molar-refractivity contribution in [2.75, 3.05) is 20.8 Å². The Hall–Kier alpha value is -4.21. The van der Waals surface area contributed by atoms with Crippen LogP contribution in [0.1, 0.15) is 36.6 Å². The average molecular weight is 425 g/mol. The molecule has 5 amide bonds. The number of methoxy groups -OCH3 is 1. The standard InChI is InChI=1S/C21H19N3O7/c1-22-21(29)23-17(25)11-31-20(28)15-9-12(7-8-16(15)30-2)10-24-18(26)13-5-3-4-6-14(13)19(24)27/h3-9H,10-11H2,1-2H3,(H2,22,23,25,29). The second-order valence-electron chi connectivity index (χ2n) is 6.48. The number of hydrogen-bond donors (Lipinski definition) is 2. The highest BCUT2D eigenvalue weighted by molar-refractivity contribution is 6.21. The van der Waals surface area contributed by atoms with Gasteiger partial charge in [-0.25, -0.2) is 9.59 Å². The van der Waals surface area contributed by atoms with Crippen LogP contribution in [0.2, 0.25) is 0 Å². The number of ether oxygens (including phenoxy) is 2. The van der Waals surface area contributed by atoms with E-state index in [9.17, 15) is 24.0 Å². The molecule has 31 heavy (non-hydrogen) atoms. The van der Waals surface area contributed by atoms with Crippen LogP contribution in [0.25, 0.3) is 0 Å². The molecule has 0 radical (unpaired) electrons. The Kier molecular flexibility index (Phi) is 6.29. The quantitative estimate of drug-likeness (QED) is 0.523. The Morgan fingerprint density at radius 1 is 1.00 bits per heavy atom. The van der Waals surface area contributed by atoms with Gasteiger partial charge in [-0.05, 0) is 29.8 Å². The topological polar surface area (TPSA) is 131 Å². The van der Waals surface area contributed by atoms with Crippen LogP contribution >= 0.6 is 0 Å². The van der Waals surface area contributed by atoms with E-state index in [0.29, 0.717) is 16.7 Å². The van der Waals surface area contributed by atoms with Crippen LogP contribution in [-0.4, -0.2) is 55.4 Å². The number of amides is 5.